The molecule has 0 spiro atoms. The molecular formula is C26H42O2. The van der Waals surface area contributed by atoms with Crippen molar-refractivity contribution in [3.8, 4) is 0 Å². The van der Waals surface area contributed by atoms with Gasteiger partial charge < -0.3 is 10.2 Å². The first-order valence-electron chi connectivity index (χ1n) is 11.9. The molecule has 1 saturated carbocycles. The Morgan fingerprint density at radius 1 is 1.07 bits per heavy atom. The molecule has 2 N–H and O–H groups in total. The van der Waals surface area contributed by atoms with Gasteiger partial charge in [-0.25, -0.2) is 0 Å². The third-order valence-electron chi connectivity index (χ3n) is 9.93. The van der Waals surface area contributed by atoms with Crippen LogP contribution in [-0.4, -0.2) is 22.9 Å². The van der Waals surface area contributed by atoms with Crippen LogP contribution in [0.1, 0.15) is 92.4 Å². The summed E-state index contributed by atoms with van der Waals surface area (Å²) in [5, 5.41) is 20.0. The Bertz CT molecular complexity index is 687. The lowest BCUT2D eigenvalue weighted by Crippen LogP contribution is -2.53. The molecule has 0 heterocycles. The van der Waals surface area contributed by atoms with Crippen molar-refractivity contribution in [3.63, 3.8) is 0 Å². The number of rotatable bonds is 4. The van der Waals surface area contributed by atoms with Crippen LogP contribution >= 0.6 is 0 Å². The third kappa shape index (κ3) is 2.81. The average Bonchev–Trinajstić information content (AvgIpc) is 3.00. The van der Waals surface area contributed by atoms with E-state index in [1.54, 1.807) is 16.7 Å². The number of allylic oxidation sites excluding steroid dienone is 4. The highest BCUT2D eigenvalue weighted by Crippen LogP contribution is 2.66. The first kappa shape index (κ1) is 20.7. The summed E-state index contributed by atoms with van der Waals surface area (Å²) in [6.07, 6.45) is 12.9. The topological polar surface area (TPSA) is 40.5 Å². The first-order chi connectivity index (χ1) is 13.2. The highest BCUT2D eigenvalue weighted by Gasteiger charge is 2.57. The molecule has 0 aromatic rings. The van der Waals surface area contributed by atoms with Crippen LogP contribution in [0, 0.1) is 34.0 Å². The fourth-order valence-corrected chi connectivity index (χ4v) is 8.19. The molecule has 4 rings (SSSR count). The molecular weight excluding hydrogens is 344 g/mol. The van der Waals surface area contributed by atoms with Gasteiger partial charge in [-0.2, -0.15) is 0 Å². The lowest BCUT2D eigenvalue weighted by Gasteiger charge is -2.59. The van der Waals surface area contributed by atoms with Gasteiger partial charge in [-0.3, -0.25) is 0 Å². The van der Waals surface area contributed by atoms with Crippen LogP contribution < -0.4 is 0 Å². The molecule has 4 aliphatic rings. The summed E-state index contributed by atoms with van der Waals surface area (Å²) in [5.74, 6) is 2.02. The number of aliphatic hydroxyl groups is 2. The molecule has 6 atom stereocenters. The van der Waals surface area contributed by atoms with E-state index in [-0.39, 0.29) is 16.9 Å². The molecule has 0 aromatic heterocycles. The van der Waals surface area contributed by atoms with Gasteiger partial charge in [0, 0.05) is 6.61 Å². The largest absolute Gasteiger partial charge is 0.396 e. The Labute approximate surface area is 172 Å². The number of hydrogen-bond donors (Lipinski definition) is 2. The maximum atomic E-state index is 10.7. The van der Waals surface area contributed by atoms with Gasteiger partial charge in [-0.1, -0.05) is 46.3 Å². The smallest absolute Gasteiger partial charge is 0.0594 e. The fraction of sp³-hybridized carbons (Fsp3) is 0.846. The fourth-order valence-electron chi connectivity index (χ4n) is 8.19. The Kier molecular flexibility index (Phi) is 5.15. The van der Waals surface area contributed by atoms with E-state index in [9.17, 15) is 10.2 Å². The van der Waals surface area contributed by atoms with Gasteiger partial charge in [0.05, 0.1) is 6.10 Å². The monoisotopic (exact) mass is 386 g/mol. The summed E-state index contributed by atoms with van der Waals surface area (Å²) in [5.41, 5.74) is 5.81. The Morgan fingerprint density at radius 3 is 2.54 bits per heavy atom. The van der Waals surface area contributed by atoms with Crippen LogP contribution in [0.25, 0.3) is 0 Å². The van der Waals surface area contributed by atoms with Gasteiger partial charge in [-0.05, 0) is 103 Å². The predicted molar refractivity (Wildman–Crippen MR) is 116 cm³/mol. The van der Waals surface area contributed by atoms with Crippen LogP contribution in [0.15, 0.2) is 22.8 Å². The number of hydrogen-bond acceptors (Lipinski definition) is 2. The normalized spacial score (nSPS) is 43.1. The number of aliphatic hydroxyl groups excluding tert-OH is 2. The third-order valence-corrected chi connectivity index (χ3v) is 9.93. The molecule has 0 amide bonds. The molecule has 0 bridgehead atoms. The van der Waals surface area contributed by atoms with Crippen molar-refractivity contribution < 1.29 is 10.2 Å². The van der Waals surface area contributed by atoms with E-state index < -0.39 is 0 Å². The van der Waals surface area contributed by atoms with E-state index in [0.29, 0.717) is 23.9 Å². The Hall–Kier alpha value is -0.600. The van der Waals surface area contributed by atoms with Crippen LogP contribution in [0.2, 0.25) is 0 Å². The summed E-state index contributed by atoms with van der Waals surface area (Å²) >= 11 is 0. The SMILES string of the molecule is C[C@H](CCCO)[C@H]1CC=C2C3=C(CC[C@@]21C)[C@@]1(C)CCC(O)C(C)(C)[C@@H]1CC3. The second-order valence-electron chi connectivity index (χ2n) is 11.6. The molecule has 28 heavy (non-hydrogen) atoms. The van der Waals surface area contributed by atoms with Gasteiger partial charge in [-0.15, -0.1) is 0 Å². The standard InChI is InChI=1S/C26H42O2/c1-17(7-6-16-27)19-9-10-20-18-8-11-22-24(2,3)23(28)13-15-26(22,5)21(18)12-14-25(19,20)4/h10,17,19,22-23,27-28H,6-9,11-16H2,1-5H3/t17-,19-,22+,23?,25-,26-/m1/s1. The van der Waals surface area contributed by atoms with E-state index in [1.165, 1.54) is 32.1 Å². The van der Waals surface area contributed by atoms with Gasteiger partial charge >= 0.3 is 0 Å². The van der Waals surface area contributed by atoms with E-state index in [4.69, 9.17) is 0 Å². The second kappa shape index (κ2) is 6.98. The summed E-state index contributed by atoms with van der Waals surface area (Å²) in [4.78, 5) is 0. The van der Waals surface area contributed by atoms with E-state index in [2.05, 4.69) is 40.7 Å². The van der Waals surface area contributed by atoms with Gasteiger partial charge in [0.1, 0.15) is 0 Å². The highest BCUT2D eigenvalue weighted by atomic mass is 16.3. The van der Waals surface area contributed by atoms with Crippen LogP contribution in [0.4, 0.5) is 0 Å². The van der Waals surface area contributed by atoms with Crippen molar-refractivity contribution >= 4 is 0 Å². The number of fused-ring (bicyclic) bond motifs is 4. The molecule has 0 saturated heterocycles. The zero-order valence-electron chi connectivity index (χ0n) is 18.9. The molecule has 0 aromatic carbocycles. The summed E-state index contributed by atoms with van der Waals surface area (Å²) < 4.78 is 0. The predicted octanol–water partition coefficient (Wildman–Crippen LogP) is 6.04. The molecule has 2 nitrogen and oxygen atoms in total. The van der Waals surface area contributed by atoms with Crippen molar-refractivity contribution in [1.82, 2.24) is 0 Å². The van der Waals surface area contributed by atoms with Crippen LogP contribution in [-0.2, 0) is 0 Å². The van der Waals surface area contributed by atoms with Crippen molar-refractivity contribution in [2.24, 2.45) is 34.0 Å². The first-order valence-corrected chi connectivity index (χ1v) is 11.9. The van der Waals surface area contributed by atoms with Crippen LogP contribution in [0.5, 0.6) is 0 Å². The van der Waals surface area contributed by atoms with Gasteiger partial charge in [0.25, 0.3) is 0 Å². The summed E-state index contributed by atoms with van der Waals surface area (Å²) in [6.45, 7) is 12.4. The molecule has 1 fully saturated rings. The molecule has 0 aliphatic heterocycles. The zero-order valence-corrected chi connectivity index (χ0v) is 18.9. The van der Waals surface area contributed by atoms with Gasteiger partial charge in [0.2, 0.25) is 0 Å². The van der Waals surface area contributed by atoms with Gasteiger partial charge in [0.15, 0.2) is 0 Å². The average molecular weight is 387 g/mol. The van der Waals surface area contributed by atoms with Crippen LogP contribution in [0.3, 0.4) is 0 Å². The maximum absolute atomic E-state index is 10.7. The summed E-state index contributed by atoms with van der Waals surface area (Å²) in [6, 6.07) is 0. The van der Waals surface area contributed by atoms with E-state index in [0.717, 1.165) is 31.6 Å². The lowest BCUT2D eigenvalue weighted by atomic mass is 9.46. The minimum absolute atomic E-state index is 0.0255. The van der Waals surface area contributed by atoms with Crippen molar-refractivity contribution in [1.29, 1.82) is 0 Å². The Balaban J connectivity index is 1.66. The van der Waals surface area contributed by atoms with E-state index in [1.807, 2.05) is 0 Å². The van der Waals surface area contributed by atoms with Crippen molar-refractivity contribution in [3.05, 3.63) is 22.8 Å². The quantitative estimate of drug-likeness (QED) is 0.619. The maximum Gasteiger partial charge on any atom is 0.0594 e. The summed E-state index contributed by atoms with van der Waals surface area (Å²) in [7, 11) is 0. The molecule has 4 aliphatic carbocycles. The highest BCUT2D eigenvalue weighted by molar-refractivity contribution is 5.49. The van der Waals surface area contributed by atoms with Crippen molar-refractivity contribution in [2.45, 2.75) is 98.5 Å². The molecule has 0 radical (unpaired) electrons. The zero-order chi connectivity index (χ0) is 20.3. The lowest BCUT2D eigenvalue weighted by molar-refractivity contribution is -0.0905. The molecule has 1 unspecified atom stereocenters. The minimum Gasteiger partial charge on any atom is -0.396 e. The minimum atomic E-state index is -0.149. The van der Waals surface area contributed by atoms with Crippen molar-refractivity contribution in [2.75, 3.05) is 6.61 Å². The second-order valence-corrected chi connectivity index (χ2v) is 11.6. The molecule has 2 heteroatoms. The molecule has 158 valence electrons. The van der Waals surface area contributed by atoms with E-state index >= 15 is 0 Å². The Morgan fingerprint density at radius 2 is 1.82 bits per heavy atom.